The Morgan fingerprint density at radius 3 is 2.90 bits per heavy atom. The van der Waals surface area contributed by atoms with Crippen molar-refractivity contribution >= 4 is 11.7 Å². The van der Waals surface area contributed by atoms with Crippen molar-refractivity contribution < 1.29 is 0 Å². The Labute approximate surface area is 117 Å². The number of hydrogen-bond donors (Lipinski definition) is 2. The molecule has 0 amide bonds. The Balaban J connectivity index is 2.31. The van der Waals surface area contributed by atoms with Crippen molar-refractivity contribution in [3.8, 4) is 0 Å². The van der Waals surface area contributed by atoms with E-state index >= 15 is 0 Å². The number of H-pyrrole nitrogens is 1. The summed E-state index contributed by atoms with van der Waals surface area (Å²) in [5.74, 6) is 1.72. The van der Waals surface area contributed by atoms with E-state index in [0.29, 0.717) is 18.3 Å². The molecule has 0 unspecified atom stereocenters. The zero-order valence-corrected chi connectivity index (χ0v) is 12.1. The third-order valence-corrected chi connectivity index (χ3v) is 3.23. The van der Waals surface area contributed by atoms with E-state index in [9.17, 15) is 9.59 Å². The van der Waals surface area contributed by atoms with Gasteiger partial charge in [0.15, 0.2) is 0 Å². The van der Waals surface area contributed by atoms with E-state index in [-0.39, 0.29) is 11.2 Å². The van der Waals surface area contributed by atoms with Crippen LogP contribution in [0.25, 0.3) is 0 Å². The van der Waals surface area contributed by atoms with Crippen LogP contribution in [0.15, 0.2) is 20.6 Å². The summed E-state index contributed by atoms with van der Waals surface area (Å²) in [6.45, 7) is 5.43. The lowest BCUT2D eigenvalue weighted by atomic mass is 10.2. The first-order valence-corrected chi connectivity index (χ1v) is 7.21. The van der Waals surface area contributed by atoms with Crippen LogP contribution < -0.4 is 16.6 Å². The van der Waals surface area contributed by atoms with Crippen LogP contribution in [0.2, 0.25) is 0 Å². The van der Waals surface area contributed by atoms with Crippen molar-refractivity contribution in [1.82, 2.24) is 9.55 Å². The lowest BCUT2D eigenvalue weighted by Gasteiger charge is -2.16. The number of anilines is 1. The van der Waals surface area contributed by atoms with Crippen molar-refractivity contribution in [2.45, 2.75) is 46.1 Å². The van der Waals surface area contributed by atoms with Crippen molar-refractivity contribution in [1.29, 1.82) is 0 Å². The van der Waals surface area contributed by atoms with Crippen LogP contribution in [0.3, 0.4) is 0 Å². The molecule has 2 heterocycles. The fourth-order valence-electron chi connectivity index (χ4n) is 2.29. The summed E-state index contributed by atoms with van der Waals surface area (Å²) in [4.78, 5) is 30.2. The van der Waals surface area contributed by atoms with E-state index in [1.807, 2.05) is 13.8 Å². The van der Waals surface area contributed by atoms with E-state index in [4.69, 9.17) is 0 Å². The summed E-state index contributed by atoms with van der Waals surface area (Å²) >= 11 is 0. The van der Waals surface area contributed by atoms with Crippen LogP contribution >= 0.6 is 0 Å². The van der Waals surface area contributed by atoms with Crippen molar-refractivity contribution in [3.63, 3.8) is 0 Å². The average molecular weight is 278 g/mol. The molecule has 1 aliphatic rings. The molecule has 6 heteroatoms. The van der Waals surface area contributed by atoms with Gasteiger partial charge in [-0.15, -0.1) is 0 Å². The molecular weight excluding hydrogens is 256 g/mol. The van der Waals surface area contributed by atoms with E-state index in [1.165, 1.54) is 12.5 Å². The summed E-state index contributed by atoms with van der Waals surface area (Å²) < 4.78 is 1.57. The Hall–Kier alpha value is -1.85. The van der Waals surface area contributed by atoms with Crippen LogP contribution in [0.1, 0.15) is 39.5 Å². The smallest absolute Gasteiger partial charge is 0.329 e. The highest BCUT2D eigenvalue weighted by Gasteiger charge is 2.11. The highest BCUT2D eigenvalue weighted by molar-refractivity contribution is 5.94. The number of amidine groups is 1. The lowest BCUT2D eigenvalue weighted by Crippen LogP contribution is -2.33. The summed E-state index contributed by atoms with van der Waals surface area (Å²) in [7, 11) is 0. The molecule has 0 aliphatic carbocycles. The van der Waals surface area contributed by atoms with Crippen LogP contribution in [0, 0.1) is 5.92 Å². The number of hydrogen-bond acceptors (Lipinski definition) is 4. The number of aliphatic imine (C=N–C) groups is 1. The molecule has 1 aromatic rings. The zero-order valence-electron chi connectivity index (χ0n) is 12.1. The van der Waals surface area contributed by atoms with Gasteiger partial charge in [0.2, 0.25) is 0 Å². The third kappa shape index (κ3) is 3.82. The second-order valence-electron chi connectivity index (χ2n) is 5.59. The quantitative estimate of drug-likeness (QED) is 0.881. The third-order valence-electron chi connectivity index (χ3n) is 3.23. The topological polar surface area (TPSA) is 79.2 Å². The molecule has 0 saturated carbocycles. The number of nitrogens with zero attached hydrogens (tertiary/aromatic N) is 2. The number of aromatic amines is 1. The van der Waals surface area contributed by atoms with Crippen LogP contribution in [-0.2, 0) is 6.54 Å². The number of aromatic nitrogens is 2. The first-order valence-electron chi connectivity index (χ1n) is 7.21. The van der Waals surface area contributed by atoms with E-state index in [0.717, 1.165) is 31.6 Å². The van der Waals surface area contributed by atoms with Gasteiger partial charge in [-0.3, -0.25) is 19.3 Å². The second kappa shape index (κ2) is 6.54. The molecule has 0 saturated heterocycles. The van der Waals surface area contributed by atoms with E-state index < -0.39 is 0 Å². The van der Waals surface area contributed by atoms with Gasteiger partial charge < -0.3 is 5.32 Å². The van der Waals surface area contributed by atoms with Gasteiger partial charge in [0, 0.05) is 25.6 Å². The molecule has 2 rings (SSSR count). The molecule has 2 N–H and O–H groups in total. The fraction of sp³-hybridized carbons (Fsp3) is 0.643. The predicted octanol–water partition coefficient (Wildman–Crippen LogP) is 1.58. The maximum atomic E-state index is 11.9. The highest BCUT2D eigenvalue weighted by Crippen LogP contribution is 2.11. The summed E-state index contributed by atoms with van der Waals surface area (Å²) in [5, 5.41) is 3.17. The van der Waals surface area contributed by atoms with Crippen LogP contribution in [0.4, 0.5) is 5.82 Å². The molecule has 0 aromatic carbocycles. The molecule has 0 atom stereocenters. The first kappa shape index (κ1) is 14.6. The molecule has 6 nitrogen and oxygen atoms in total. The van der Waals surface area contributed by atoms with Gasteiger partial charge in [0.05, 0.1) is 0 Å². The maximum Gasteiger partial charge on any atom is 0.329 e. The van der Waals surface area contributed by atoms with Gasteiger partial charge >= 0.3 is 5.69 Å². The van der Waals surface area contributed by atoms with Gasteiger partial charge in [-0.2, -0.15) is 0 Å². The van der Waals surface area contributed by atoms with Gasteiger partial charge in [-0.05, 0) is 18.8 Å². The number of nitrogens with one attached hydrogen (secondary N) is 2. The molecule has 0 radical (unpaired) electrons. The molecule has 1 aliphatic heterocycles. The predicted molar refractivity (Wildman–Crippen MR) is 80.6 cm³/mol. The zero-order chi connectivity index (χ0) is 14.5. The lowest BCUT2D eigenvalue weighted by molar-refractivity contribution is 0.507. The summed E-state index contributed by atoms with van der Waals surface area (Å²) in [6.07, 6.45) is 4.22. The average Bonchev–Trinajstić information content (AvgIpc) is 2.62. The van der Waals surface area contributed by atoms with Crippen molar-refractivity contribution in [2.75, 3.05) is 11.9 Å². The Kier molecular flexibility index (Phi) is 4.76. The molecule has 0 bridgehead atoms. The Morgan fingerprint density at radius 1 is 1.35 bits per heavy atom. The minimum absolute atomic E-state index is 0.315. The molecule has 0 spiro atoms. The molecule has 110 valence electrons. The fourth-order valence-corrected chi connectivity index (χ4v) is 2.29. The SMILES string of the molecule is CC(C)Cn1c(NC2=NCCCCC2)cc(=O)[nH]c1=O. The van der Waals surface area contributed by atoms with E-state index in [2.05, 4.69) is 15.3 Å². The largest absolute Gasteiger partial charge is 0.330 e. The molecule has 0 fully saturated rings. The summed E-state index contributed by atoms with van der Waals surface area (Å²) in [6, 6.07) is 1.43. The minimum atomic E-state index is -0.383. The molecule has 1 aromatic heterocycles. The normalized spacial score (nSPS) is 15.8. The molecular formula is C14H22N4O2. The van der Waals surface area contributed by atoms with Crippen molar-refractivity contribution in [2.24, 2.45) is 10.9 Å². The van der Waals surface area contributed by atoms with E-state index in [1.54, 1.807) is 4.57 Å². The van der Waals surface area contributed by atoms with Crippen LogP contribution in [0.5, 0.6) is 0 Å². The standard InChI is InChI=1S/C14H22N4O2/c1-10(2)9-18-12(8-13(19)17-14(18)20)16-11-6-4-3-5-7-15-11/h8,10H,3-7,9H2,1-2H3,(H,15,16)(H,17,19,20). The minimum Gasteiger partial charge on any atom is -0.330 e. The Bertz CT molecular complexity index is 598. The monoisotopic (exact) mass is 278 g/mol. The van der Waals surface area contributed by atoms with Gasteiger partial charge in [0.1, 0.15) is 11.7 Å². The van der Waals surface area contributed by atoms with Gasteiger partial charge in [-0.1, -0.05) is 20.3 Å². The first-order chi connectivity index (χ1) is 9.56. The van der Waals surface area contributed by atoms with Crippen LogP contribution in [-0.4, -0.2) is 21.9 Å². The van der Waals surface area contributed by atoms with Crippen molar-refractivity contribution in [3.05, 3.63) is 26.9 Å². The number of rotatable bonds is 3. The maximum absolute atomic E-state index is 11.9. The summed E-state index contributed by atoms with van der Waals surface area (Å²) in [5.41, 5.74) is -0.755. The van der Waals surface area contributed by atoms with Gasteiger partial charge in [-0.25, -0.2) is 4.79 Å². The highest BCUT2D eigenvalue weighted by atomic mass is 16.2. The molecule has 20 heavy (non-hydrogen) atoms. The van der Waals surface area contributed by atoms with Gasteiger partial charge in [0.25, 0.3) is 5.56 Å². The Morgan fingerprint density at radius 2 is 2.15 bits per heavy atom. The second-order valence-corrected chi connectivity index (χ2v) is 5.59.